The number of amides is 1. The molecule has 0 radical (unpaired) electrons. The third kappa shape index (κ3) is 2.73. The zero-order valence-corrected chi connectivity index (χ0v) is 9.43. The maximum absolute atomic E-state index is 11.7. The SMILES string of the molecule is Cc1cccc(NC(=O)[C@H]2CSCN2)c1. The number of carbonyl (C=O) groups excluding carboxylic acids is 1. The van der Waals surface area contributed by atoms with Crippen molar-refractivity contribution in [3.8, 4) is 0 Å². The first-order valence-corrected chi connectivity index (χ1v) is 6.10. The van der Waals surface area contributed by atoms with Crippen LogP contribution in [0.1, 0.15) is 5.56 Å². The molecule has 1 heterocycles. The number of nitrogens with one attached hydrogen (secondary N) is 2. The molecule has 1 aliphatic rings. The molecule has 1 aromatic carbocycles. The van der Waals surface area contributed by atoms with Gasteiger partial charge >= 0.3 is 0 Å². The summed E-state index contributed by atoms with van der Waals surface area (Å²) >= 11 is 1.75. The Hall–Kier alpha value is -1.00. The smallest absolute Gasteiger partial charge is 0.242 e. The molecule has 2 rings (SSSR count). The topological polar surface area (TPSA) is 41.1 Å². The molecule has 0 spiro atoms. The Kier molecular flexibility index (Phi) is 3.28. The zero-order chi connectivity index (χ0) is 10.7. The van der Waals surface area contributed by atoms with E-state index >= 15 is 0 Å². The Morgan fingerprint density at radius 1 is 1.60 bits per heavy atom. The molecular weight excluding hydrogens is 208 g/mol. The fraction of sp³-hybridized carbons (Fsp3) is 0.364. The minimum absolute atomic E-state index is 0.0458. The van der Waals surface area contributed by atoms with Gasteiger partial charge in [-0.2, -0.15) is 0 Å². The predicted octanol–water partition coefficient (Wildman–Crippen LogP) is 1.60. The number of anilines is 1. The Morgan fingerprint density at radius 3 is 3.13 bits per heavy atom. The summed E-state index contributed by atoms with van der Waals surface area (Å²) in [5, 5.41) is 6.05. The van der Waals surface area contributed by atoms with E-state index in [1.54, 1.807) is 11.8 Å². The van der Waals surface area contributed by atoms with Crippen LogP contribution in [0.3, 0.4) is 0 Å². The lowest BCUT2D eigenvalue weighted by molar-refractivity contribution is -0.117. The largest absolute Gasteiger partial charge is 0.325 e. The maximum Gasteiger partial charge on any atom is 0.242 e. The van der Waals surface area contributed by atoms with Gasteiger partial charge in [-0.1, -0.05) is 12.1 Å². The highest BCUT2D eigenvalue weighted by atomic mass is 32.2. The first-order valence-electron chi connectivity index (χ1n) is 4.94. The predicted molar refractivity (Wildman–Crippen MR) is 64.1 cm³/mol. The highest BCUT2D eigenvalue weighted by Gasteiger charge is 2.22. The van der Waals surface area contributed by atoms with Crippen LogP contribution in [0.2, 0.25) is 0 Å². The van der Waals surface area contributed by atoms with Crippen LogP contribution in [0.4, 0.5) is 5.69 Å². The molecule has 0 aliphatic carbocycles. The molecule has 1 atom stereocenters. The third-order valence-electron chi connectivity index (χ3n) is 2.32. The molecule has 1 aliphatic heterocycles. The number of hydrogen-bond donors (Lipinski definition) is 2. The summed E-state index contributed by atoms with van der Waals surface area (Å²) in [7, 11) is 0. The second-order valence-corrected chi connectivity index (χ2v) is 4.66. The van der Waals surface area contributed by atoms with Gasteiger partial charge in [0.05, 0.1) is 6.04 Å². The third-order valence-corrected chi connectivity index (χ3v) is 3.26. The molecule has 2 N–H and O–H groups in total. The van der Waals surface area contributed by atoms with Gasteiger partial charge in [0.15, 0.2) is 0 Å². The van der Waals surface area contributed by atoms with Crippen LogP contribution >= 0.6 is 11.8 Å². The number of thioether (sulfide) groups is 1. The van der Waals surface area contributed by atoms with Crippen molar-refractivity contribution in [3.63, 3.8) is 0 Å². The maximum atomic E-state index is 11.7. The van der Waals surface area contributed by atoms with Crippen molar-refractivity contribution in [2.75, 3.05) is 16.9 Å². The van der Waals surface area contributed by atoms with Gasteiger partial charge in [0.25, 0.3) is 0 Å². The average molecular weight is 222 g/mol. The van der Waals surface area contributed by atoms with Crippen LogP contribution in [0.25, 0.3) is 0 Å². The number of hydrogen-bond acceptors (Lipinski definition) is 3. The molecular formula is C11H14N2OS. The van der Waals surface area contributed by atoms with Gasteiger partial charge in [0, 0.05) is 17.3 Å². The van der Waals surface area contributed by atoms with Crippen molar-refractivity contribution in [1.29, 1.82) is 0 Å². The Morgan fingerprint density at radius 2 is 2.47 bits per heavy atom. The van der Waals surface area contributed by atoms with E-state index < -0.39 is 0 Å². The second kappa shape index (κ2) is 4.68. The Balaban J connectivity index is 1.99. The molecule has 4 heteroatoms. The first kappa shape index (κ1) is 10.5. The van der Waals surface area contributed by atoms with Crippen LogP contribution in [-0.2, 0) is 4.79 Å². The Bertz CT molecular complexity index is 361. The minimum Gasteiger partial charge on any atom is -0.325 e. The van der Waals surface area contributed by atoms with Crippen LogP contribution < -0.4 is 10.6 Å². The average Bonchev–Trinajstić information content (AvgIpc) is 2.70. The molecule has 1 saturated heterocycles. The monoisotopic (exact) mass is 222 g/mol. The van der Waals surface area contributed by atoms with Gasteiger partial charge in [-0.25, -0.2) is 0 Å². The van der Waals surface area contributed by atoms with E-state index in [9.17, 15) is 4.79 Å². The highest BCUT2D eigenvalue weighted by Crippen LogP contribution is 2.13. The van der Waals surface area contributed by atoms with Gasteiger partial charge in [-0.05, 0) is 24.6 Å². The van der Waals surface area contributed by atoms with Crippen molar-refractivity contribution in [1.82, 2.24) is 5.32 Å². The summed E-state index contributed by atoms with van der Waals surface area (Å²) in [5.74, 6) is 1.79. The molecule has 15 heavy (non-hydrogen) atoms. The molecule has 80 valence electrons. The normalized spacial score (nSPS) is 20.2. The fourth-order valence-corrected chi connectivity index (χ4v) is 2.46. The second-order valence-electron chi connectivity index (χ2n) is 3.63. The lowest BCUT2D eigenvalue weighted by atomic mass is 10.2. The minimum atomic E-state index is -0.0458. The highest BCUT2D eigenvalue weighted by molar-refractivity contribution is 7.99. The lowest BCUT2D eigenvalue weighted by Crippen LogP contribution is -2.37. The standard InChI is InChI=1S/C11H14N2OS/c1-8-3-2-4-9(5-8)13-11(14)10-6-15-7-12-10/h2-5,10,12H,6-7H2,1H3,(H,13,14)/t10-/m1/s1. The number of benzene rings is 1. The van der Waals surface area contributed by atoms with E-state index in [-0.39, 0.29) is 11.9 Å². The summed E-state index contributed by atoms with van der Waals surface area (Å²) in [5.41, 5.74) is 2.03. The summed E-state index contributed by atoms with van der Waals surface area (Å²) in [4.78, 5) is 11.7. The zero-order valence-electron chi connectivity index (χ0n) is 8.62. The summed E-state index contributed by atoms with van der Waals surface area (Å²) in [6.07, 6.45) is 0. The van der Waals surface area contributed by atoms with Gasteiger partial charge in [-0.3, -0.25) is 10.1 Å². The van der Waals surface area contributed by atoms with Crippen molar-refractivity contribution in [2.45, 2.75) is 13.0 Å². The Labute approximate surface area is 93.6 Å². The number of carbonyl (C=O) groups is 1. The van der Waals surface area contributed by atoms with E-state index in [4.69, 9.17) is 0 Å². The van der Waals surface area contributed by atoms with Crippen LogP contribution in [0, 0.1) is 6.92 Å². The summed E-state index contributed by atoms with van der Waals surface area (Å²) in [6, 6.07) is 7.80. The molecule has 0 unspecified atom stereocenters. The van der Waals surface area contributed by atoms with E-state index in [0.29, 0.717) is 0 Å². The van der Waals surface area contributed by atoms with E-state index in [1.165, 1.54) is 0 Å². The van der Waals surface area contributed by atoms with Crippen LogP contribution in [-0.4, -0.2) is 23.6 Å². The van der Waals surface area contributed by atoms with Gasteiger partial charge in [-0.15, -0.1) is 11.8 Å². The summed E-state index contributed by atoms with van der Waals surface area (Å²) < 4.78 is 0. The van der Waals surface area contributed by atoms with Gasteiger partial charge in [0.1, 0.15) is 0 Å². The lowest BCUT2D eigenvalue weighted by Gasteiger charge is -2.10. The van der Waals surface area contributed by atoms with Crippen molar-refractivity contribution >= 4 is 23.4 Å². The van der Waals surface area contributed by atoms with E-state index in [2.05, 4.69) is 10.6 Å². The van der Waals surface area contributed by atoms with Gasteiger partial charge in [0.2, 0.25) is 5.91 Å². The molecule has 1 amide bonds. The molecule has 1 fully saturated rings. The first-order chi connectivity index (χ1) is 7.25. The summed E-state index contributed by atoms with van der Waals surface area (Å²) in [6.45, 7) is 2.01. The van der Waals surface area contributed by atoms with Crippen molar-refractivity contribution in [2.24, 2.45) is 0 Å². The molecule has 0 saturated carbocycles. The van der Waals surface area contributed by atoms with E-state index in [1.807, 2.05) is 31.2 Å². The van der Waals surface area contributed by atoms with Crippen molar-refractivity contribution in [3.05, 3.63) is 29.8 Å². The molecule has 0 bridgehead atoms. The molecule has 0 aromatic heterocycles. The van der Waals surface area contributed by atoms with Crippen molar-refractivity contribution < 1.29 is 4.79 Å². The molecule has 3 nitrogen and oxygen atoms in total. The number of aryl methyl sites for hydroxylation is 1. The van der Waals surface area contributed by atoms with Crippen LogP contribution in [0.15, 0.2) is 24.3 Å². The quantitative estimate of drug-likeness (QED) is 0.798. The van der Waals surface area contributed by atoms with Gasteiger partial charge < -0.3 is 5.32 Å². The number of rotatable bonds is 2. The molecule has 1 aromatic rings. The van der Waals surface area contributed by atoms with Crippen LogP contribution in [0.5, 0.6) is 0 Å². The fourth-order valence-electron chi connectivity index (χ4n) is 1.52. The van der Waals surface area contributed by atoms with E-state index in [0.717, 1.165) is 22.9 Å².